The van der Waals surface area contributed by atoms with Gasteiger partial charge in [0.05, 0.1) is 5.69 Å². The van der Waals surface area contributed by atoms with Crippen LogP contribution in [0.1, 0.15) is 24.3 Å². The van der Waals surface area contributed by atoms with E-state index in [1.54, 1.807) is 12.3 Å². The zero-order valence-electron chi connectivity index (χ0n) is 16.3. The van der Waals surface area contributed by atoms with E-state index in [0.717, 1.165) is 54.0 Å². The Morgan fingerprint density at radius 2 is 1.97 bits per heavy atom. The lowest BCUT2D eigenvalue weighted by Crippen LogP contribution is -2.38. The van der Waals surface area contributed by atoms with E-state index in [0.29, 0.717) is 11.7 Å². The summed E-state index contributed by atoms with van der Waals surface area (Å²) >= 11 is 3.35. The maximum atomic E-state index is 12.5. The van der Waals surface area contributed by atoms with Crippen molar-refractivity contribution in [2.45, 2.75) is 26.3 Å². The number of hydrogen-bond donors (Lipinski definition) is 1. The third-order valence-corrected chi connectivity index (χ3v) is 5.69. The summed E-state index contributed by atoms with van der Waals surface area (Å²) in [7, 11) is 0. The van der Waals surface area contributed by atoms with Crippen LogP contribution < -0.4 is 5.32 Å². The van der Waals surface area contributed by atoms with E-state index in [-0.39, 0.29) is 11.8 Å². The molecule has 2 aromatic heterocycles. The molecule has 1 fully saturated rings. The monoisotopic (exact) mass is 454 g/mol. The minimum absolute atomic E-state index is 0.00924. The topological polar surface area (TPSA) is 71.3 Å². The number of hydrogen-bond acceptors (Lipinski definition) is 5. The number of benzene rings is 1. The molecule has 1 aliphatic rings. The first-order valence-electron chi connectivity index (χ1n) is 9.75. The van der Waals surface area contributed by atoms with Crippen molar-refractivity contribution in [2.24, 2.45) is 5.92 Å². The Labute approximate surface area is 178 Å². The molecular formula is C22H23BrN4O2. The van der Waals surface area contributed by atoms with Crippen LogP contribution in [0.5, 0.6) is 0 Å². The molecule has 1 aromatic carbocycles. The highest BCUT2D eigenvalue weighted by molar-refractivity contribution is 9.10. The molecule has 29 heavy (non-hydrogen) atoms. The molecule has 1 saturated heterocycles. The van der Waals surface area contributed by atoms with Gasteiger partial charge in [0, 0.05) is 28.7 Å². The van der Waals surface area contributed by atoms with Crippen molar-refractivity contribution < 1.29 is 9.21 Å². The van der Waals surface area contributed by atoms with Gasteiger partial charge < -0.3 is 9.73 Å². The van der Waals surface area contributed by atoms with Crippen molar-refractivity contribution >= 4 is 27.7 Å². The van der Waals surface area contributed by atoms with Gasteiger partial charge in [0.15, 0.2) is 0 Å². The number of pyridine rings is 1. The fraction of sp³-hybridized carbons (Fsp3) is 0.318. The maximum absolute atomic E-state index is 12.5. The highest BCUT2D eigenvalue weighted by atomic mass is 79.9. The lowest BCUT2D eigenvalue weighted by atomic mass is 9.96. The van der Waals surface area contributed by atoms with Gasteiger partial charge >= 0.3 is 0 Å². The first-order chi connectivity index (χ1) is 14.1. The normalized spacial score (nSPS) is 15.4. The van der Waals surface area contributed by atoms with Gasteiger partial charge in [-0.3, -0.25) is 9.69 Å². The van der Waals surface area contributed by atoms with Gasteiger partial charge in [-0.1, -0.05) is 18.2 Å². The molecule has 7 heteroatoms. The van der Waals surface area contributed by atoms with E-state index >= 15 is 0 Å². The lowest BCUT2D eigenvalue weighted by molar-refractivity contribution is -0.121. The summed E-state index contributed by atoms with van der Waals surface area (Å²) in [5, 5.41) is 2.92. The number of rotatable bonds is 5. The second kappa shape index (κ2) is 8.88. The molecule has 0 atom stereocenters. The third kappa shape index (κ3) is 4.92. The Kier molecular flexibility index (Phi) is 6.06. The predicted molar refractivity (Wildman–Crippen MR) is 115 cm³/mol. The van der Waals surface area contributed by atoms with E-state index in [9.17, 15) is 4.79 Å². The molecular weight excluding hydrogens is 432 g/mol. The van der Waals surface area contributed by atoms with Crippen LogP contribution >= 0.6 is 15.9 Å². The fourth-order valence-electron chi connectivity index (χ4n) is 3.52. The van der Waals surface area contributed by atoms with Gasteiger partial charge in [0.2, 0.25) is 11.8 Å². The number of piperidine rings is 1. The molecule has 150 valence electrons. The average molecular weight is 455 g/mol. The number of carbonyl (C=O) groups excluding carboxylic acids is 1. The molecule has 6 nitrogen and oxygen atoms in total. The van der Waals surface area contributed by atoms with Crippen LogP contribution in [0.2, 0.25) is 0 Å². The average Bonchev–Trinajstić information content (AvgIpc) is 3.11. The van der Waals surface area contributed by atoms with Crippen molar-refractivity contribution in [2.75, 3.05) is 18.4 Å². The number of nitrogens with zero attached hydrogens (tertiary/aromatic N) is 3. The number of likely N-dealkylation sites (tertiary alicyclic amines) is 1. The molecule has 0 spiro atoms. The van der Waals surface area contributed by atoms with Crippen molar-refractivity contribution in [1.82, 2.24) is 14.9 Å². The number of aromatic nitrogens is 2. The number of amides is 1. The fourth-order valence-corrected chi connectivity index (χ4v) is 3.76. The van der Waals surface area contributed by atoms with E-state index in [4.69, 9.17) is 9.40 Å². The van der Waals surface area contributed by atoms with Gasteiger partial charge in [-0.2, -0.15) is 0 Å². The Morgan fingerprint density at radius 1 is 1.21 bits per heavy atom. The van der Waals surface area contributed by atoms with Crippen LogP contribution in [0, 0.1) is 12.8 Å². The first kappa shape index (κ1) is 19.8. The SMILES string of the molecule is Cc1oc(-c2ccccc2)nc1CN1CCC(C(=O)Nc2ccc(Br)cn2)CC1. The summed E-state index contributed by atoms with van der Waals surface area (Å²) in [6.07, 6.45) is 3.33. The number of nitrogens with one attached hydrogen (secondary N) is 1. The van der Waals surface area contributed by atoms with Crippen LogP contribution in [0.4, 0.5) is 5.82 Å². The second-order valence-electron chi connectivity index (χ2n) is 7.29. The molecule has 1 aliphatic heterocycles. The minimum Gasteiger partial charge on any atom is -0.441 e. The molecule has 0 unspecified atom stereocenters. The van der Waals surface area contributed by atoms with Crippen molar-refractivity contribution in [3.63, 3.8) is 0 Å². The zero-order chi connectivity index (χ0) is 20.2. The van der Waals surface area contributed by atoms with Gasteiger partial charge in [-0.05, 0) is 73.1 Å². The molecule has 4 rings (SSSR count). The third-order valence-electron chi connectivity index (χ3n) is 5.22. The molecule has 1 amide bonds. The molecule has 3 aromatic rings. The van der Waals surface area contributed by atoms with Crippen molar-refractivity contribution in [1.29, 1.82) is 0 Å². The minimum atomic E-state index is 0.00924. The van der Waals surface area contributed by atoms with Crippen LogP contribution in [-0.2, 0) is 11.3 Å². The zero-order valence-corrected chi connectivity index (χ0v) is 17.9. The van der Waals surface area contributed by atoms with Crippen LogP contribution in [0.25, 0.3) is 11.5 Å². The molecule has 0 aliphatic carbocycles. The van der Waals surface area contributed by atoms with E-state index in [2.05, 4.69) is 31.1 Å². The Bertz CT molecular complexity index is 964. The standard InChI is InChI=1S/C22H23BrN4O2/c1-15-19(25-22(29-15)17-5-3-2-4-6-17)14-27-11-9-16(10-12-27)21(28)26-20-8-7-18(23)13-24-20/h2-8,13,16H,9-12,14H2,1H3,(H,24,26,28). The number of aryl methyl sites for hydroxylation is 1. The smallest absolute Gasteiger partial charge is 0.228 e. The number of anilines is 1. The molecule has 3 heterocycles. The van der Waals surface area contributed by atoms with E-state index in [1.807, 2.05) is 43.3 Å². The van der Waals surface area contributed by atoms with Crippen molar-refractivity contribution in [3.05, 3.63) is 64.6 Å². The number of halogens is 1. The summed E-state index contributed by atoms with van der Waals surface area (Å²) in [6, 6.07) is 13.6. The lowest BCUT2D eigenvalue weighted by Gasteiger charge is -2.30. The van der Waals surface area contributed by atoms with Gasteiger partial charge in [0.25, 0.3) is 0 Å². The molecule has 0 radical (unpaired) electrons. The summed E-state index contributed by atoms with van der Waals surface area (Å²) in [5.74, 6) is 2.16. The van der Waals surface area contributed by atoms with E-state index in [1.165, 1.54) is 0 Å². The van der Waals surface area contributed by atoms with Gasteiger partial charge in [-0.15, -0.1) is 0 Å². The Hall–Kier alpha value is -2.51. The van der Waals surface area contributed by atoms with Crippen LogP contribution in [0.3, 0.4) is 0 Å². The Balaban J connectivity index is 1.31. The number of carbonyl (C=O) groups is 1. The largest absolute Gasteiger partial charge is 0.441 e. The quantitative estimate of drug-likeness (QED) is 0.606. The summed E-state index contributed by atoms with van der Waals surface area (Å²) in [6.45, 7) is 4.42. The molecule has 0 saturated carbocycles. The summed E-state index contributed by atoms with van der Waals surface area (Å²) in [4.78, 5) is 23.8. The number of oxazole rings is 1. The maximum Gasteiger partial charge on any atom is 0.228 e. The van der Waals surface area contributed by atoms with E-state index < -0.39 is 0 Å². The molecule has 0 bridgehead atoms. The van der Waals surface area contributed by atoms with Crippen molar-refractivity contribution in [3.8, 4) is 11.5 Å². The second-order valence-corrected chi connectivity index (χ2v) is 8.20. The summed E-state index contributed by atoms with van der Waals surface area (Å²) < 4.78 is 6.76. The van der Waals surface area contributed by atoms with Crippen LogP contribution in [-0.4, -0.2) is 33.9 Å². The molecule has 1 N–H and O–H groups in total. The summed E-state index contributed by atoms with van der Waals surface area (Å²) in [5.41, 5.74) is 1.95. The Morgan fingerprint density at radius 3 is 2.66 bits per heavy atom. The van der Waals surface area contributed by atoms with Crippen LogP contribution in [0.15, 0.2) is 57.6 Å². The van der Waals surface area contributed by atoms with Gasteiger partial charge in [-0.25, -0.2) is 9.97 Å². The highest BCUT2D eigenvalue weighted by Gasteiger charge is 2.26. The predicted octanol–water partition coefficient (Wildman–Crippen LogP) is 4.66. The first-order valence-corrected chi connectivity index (χ1v) is 10.5. The van der Waals surface area contributed by atoms with Gasteiger partial charge in [0.1, 0.15) is 11.6 Å². The highest BCUT2D eigenvalue weighted by Crippen LogP contribution is 2.25.